The predicted octanol–water partition coefficient (Wildman–Crippen LogP) is 1.14. The summed E-state index contributed by atoms with van der Waals surface area (Å²) in [4.78, 5) is 16.6. The van der Waals surface area contributed by atoms with Gasteiger partial charge in [-0.3, -0.25) is 15.1 Å². The van der Waals surface area contributed by atoms with E-state index in [9.17, 15) is 18.5 Å². The van der Waals surface area contributed by atoms with E-state index >= 15 is 0 Å². The van der Waals surface area contributed by atoms with Crippen LogP contribution in [0.3, 0.4) is 0 Å². The second-order valence-corrected chi connectivity index (χ2v) is 8.25. The van der Waals surface area contributed by atoms with Gasteiger partial charge >= 0.3 is 0 Å². The number of nitro benzene ring substituents is 1. The van der Waals surface area contributed by atoms with Crippen molar-refractivity contribution < 1.29 is 13.3 Å². The number of benzene rings is 1. The van der Waals surface area contributed by atoms with E-state index in [4.69, 9.17) is 0 Å². The van der Waals surface area contributed by atoms with Gasteiger partial charge in [0.25, 0.3) is 5.69 Å². The minimum Gasteiger partial charge on any atom is -0.355 e. The van der Waals surface area contributed by atoms with Crippen molar-refractivity contribution >= 4 is 45.6 Å². The molecule has 164 valence electrons. The molecule has 0 atom stereocenters. The van der Waals surface area contributed by atoms with Crippen LogP contribution < -0.4 is 15.4 Å². The SMILES string of the molecule is CN=C(NCCNS(=O)(=O)c1cccc([N+](=O)[O-])c1)NCCN1CCCCC1.I. The van der Waals surface area contributed by atoms with Crippen molar-refractivity contribution in [1.29, 1.82) is 0 Å². The van der Waals surface area contributed by atoms with Crippen LogP contribution in [0.2, 0.25) is 0 Å². The second kappa shape index (κ2) is 12.9. The molecule has 1 heterocycles. The number of halogens is 1. The Bertz CT molecular complexity index is 784. The highest BCUT2D eigenvalue weighted by Gasteiger charge is 2.17. The van der Waals surface area contributed by atoms with Crippen LogP contribution in [0.15, 0.2) is 34.2 Å². The van der Waals surface area contributed by atoms with Crippen molar-refractivity contribution in [2.24, 2.45) is 4.99 Å². The Morgan fingerprint density at radius 3 is 2.52 bits per heavy atom. The number of non-ortho nitro benzene ring substituents is 1. The van der Waals surface area contributed by atoms with E-state index in [1.54, 1.807) is 7.05 Å². The quantitative estimate of drug-likeness (QED) is 0.107. The number of nitrogens with one attached hydrogen (secondary N) is 3. The summed E-state index contributed by atoms with van der Waals surface area (Å²) in [5, 5.41) is 17.1. The largest absolute Gasteiger partial charge is 0.355 e. The predicted molar refractivity (Wildman–Crippen MR) is 123 cm³/mol. The van der Waals surface area contributed by atoms with E-state index in [0.29, 0.717) is 12.5 Å². The van der Waals surface area contributed by atoms with E-state index in [0.717, 1.165) is 32.2 Å². The summed E-state index contributed by atoms with van der Waals surface area (Å²) < 4.78 is 26.9. The number of piperidine rings is 1. The van der Waals surface area contributed by atoms with Crippen molar-refractivity contribution in [3.05, 3.63) is 34.4 Å². The normalized spacial score (nSPS) is 15.4. The van der Waals surface area contributed by atoms with Crippen molar-refractivity contribution in [1.82, 2.24) is 20.3 Å². The third-order valence-corrected chi connectivity index (χ3v) is 5.90. The summed E-state index contributed by atoms with van der Waals surface area (Å²) >= 11 is 0. The van der Waals surface area contributed by atoms with Gasteiger partial charge in [0.2, 0.25) is 10.0 Å². The lowest BCUT2D eigenvalue weighted by molar-refractivity contribution is -0.385. The molecular weight excluding hydrogens is 511 g/mol. The van der Waals surface area contributed by atoms with Crippen LogP contribution in [0.5, 0.6) is 0 Å². The molecule has 0 amide bonds. The highest BCUT2D eigenvalue weighted by atomic mass is 127. The topological polar surface area (TPSA) is 129 Å². The first kappa shape index (κ1) is 25.5. The first-order valence-electron chi connectivity index (χ1n) is 9.33. The summed E-state index contributed by atoms with van der Waals surface area (Å²) in [6.07, 6.45) is 3.80. The van der Waals surface area contributed by atoms with Crippen LogP contribution in [-0.4, -0.2) is 70.5 Å². The molecule has 1 aliphatic rings. The van der Waals surface area contributed by atoms with Crippen molar-refractivity contribution in [3.8, 4) is 0 Å². The molecule has 1 aromatic carbocycles. The number of guanidine groups is 1. The Kier molecular flexibility index (Phi) is 11.4. The Morgan fingerprint density at radius 2 is 1.86 bits per heavy atom. The molecule has 1 fully saturated rings. The molecule has 1 aromatic rings. The number of sulfonamides is 1. The molecule has 1 aliphatic heterocycles. The Labute approximate surface area is 188 Å². The third kappa shape index (κ3) is 8.80. The number of hydrogen-bond donors (Lipinski definition) is 3. The number of nitro groups is 1. The molecule has 2 rings (SSSR count). The zero-order chi connectivity index (χ0) is 20.4. The van der Waals surface area contributed by atoms with Crippen LogP contribution >= 0.6 is 24.0 Å². The number of nitrogens with zero attached hydrogens (tertiary/aromatic N) is 3. The minimum atomic E-state index is -3.81. The fourth-order valence-electron chi connectivity index (χ4n) is 2.95. The van der Waals surface area contributed by atoms with E-state index in [-0.39, 0.29) is 41.1 Å². The van der Waals surface area contributed by atoms with E-state index in [1.165, 1.54) is 37.5 Å². The van der Waals surface area contributed by atoms with E-state index < -0.39 is 14.9 Å². The molecule has 0 unspecified atom stereocenters. The lowest BCUT2D eigenvalue weighted by Crippen LogP contribution is -2.44. The Morgan fingerprint density at radius 1 is 1.17 bits per heavy atom. The highest BCUT2D eigenvalue weighted by Crippen LogP contribution is 2.16. The first-order valence-corrected chi connectivity index (χ1v) is 10.8. The van der Waals surface area contributed by atoms with Crippen molar-refractivity contribution in [3.63, 3.8) is 0 Å². The third-order valence-electron chi connectivity index (χ3n) is 4.44. The van der Waals surface area contributed by atoms with Gasteiger partial charge in [-0.1, -0.05) is 12.5 Å². The van der Waals surface area contributed by atoms with Gasteiger partial charge in [0.15, 0.2) is 5.96 Å². The molecule has 0 aromatic heterocycles. The summed E-state index contributed by atoms with van der Waals surface area (Å²) in [6, 6.07) is 4.96. The standard InChI is InChI=1S/C17H28N6O4S.HI/c1-18-17(20-10-13-22-11-3-2-4-12-22)19-8-9-21-28(26,27)16-7-5-6-15(14-16)23(24)25;/h5-7,14,21H,2-4,8-13H2,1H3,(H2,18,19,20);1H. The molecule has 0 aliphatic carbocycles. The van der Waals surface area contributed by atoms with Gasteiger partial charge in [-0.05, 0) is 32.0 Å². The van der Waals surface area contributed by atoms with Gasteiger partial charge in [0.1, 0.15) is 0 Å². The summed E-state index contributed by atoms with van der Waals surface area (Å²) in [7, 11) is -2.16. The van der Waals surface area contributed by atoms with Crippen LogP contribution in [-0.2, 0) is 10.0 Å². The van der Waals surface area contributed by atoms with Gasteiger partial charge in [0, 0.05) is 45.4 Å². The average molecular weight is 540 g/mol. The number of rotatable bonds is 9. The molecule has 1 saturated heterocycles. The zero-order valence-electron chi connectivity index (χ0n) is 16.5. The number of hydrogen-bond acceptors (Lipinski definition) is 6. The van der Waals surface area contributed by atoms with Crippen LogP contribution in [0.1, 0.15) is 19.3 Å². The van der Waals surface area contributed by atoms with Crippen molar-refractivity contribution in [2.45, 2.75) is 24.2 Å². The molecule has 0 radical (unpaired) electrons. The van der Waals surface area contributed by atoms with Crippen LogP contribution in [0.25, 0.3) is 0 Å². The van der Waals surface area contributed by atoms with Crippen molar-refractivity contribution in [2.75, 3.05) is 46.3 Å². The minimum absolute atomic E-state index is 0. The molecule has 10 nitrogen and oxygen atoms in total. The van der Waals surface area contributed by atoms with Gasteiger partial charge in [-0.15, -0.1) is 24.0 Å². The summed E-state index contributed by atoms with van der Waals surface area (Å²) in [5.74, 6) is 0.603. The number of likely N-dealkylation sites (tertiary alicyclic amines) is 1. The molecule has 0 bridgehead atoms. The monoisotopic (exact) mass is 540 g/mol. The molecular formula is C17H29IN6O4S. The molecule has 29 heavy (non-hydrogen) atoms. The fourth-order valence-corrected chi connectivity index (χ4v) is 4.02. The summed E-state index contributed by atoms with van der Waals surface area (Å²) in [5.41, 5.74) is -0.265. The fraction of sp³-hybridized carbons (Fsp3) is 0.588. The van der Waals surface area contributed by atoms with Gasteiger partial charge in [-0.2, -0.15) is 0 Å². The molecule has 3 N–H and O–H groups in total. The maximum Gasteiger partial charge on any atom is 0.270 e. The smallest absolute Gasteiger partial charge is 0.270 e. The van der Waals surface area contributed by atoms with Gasteiger partial charge in [0.05, 0.1) is 9.82 Å². The first-order chi connectivity index (χ1) is 13.4. The second-order valence-electron chi connectivity index (χ2n) is 6.48. The van der Waals surface area contributed by atoms with Gasteiger partial charge in [-0.25, -0.2) is 13.1 Å². The average Bonchev–Trinajstić information content (AvgIpc) is 2.70. The molecule has 12 heteroatoms. The lowest BCUT2D eigenvalue weighted by Gasteiger charge is -2.26. The van der Waals surface area contributed by atoms with Crippen LogP contribution in [0.4, 0.5) is 5.69 Å². The maximum atomic E-state index is 12.3. The zero-order valence-corrected chi connectivity index (χ0v) is 19.6. The number of aliphatic imine (C=N–C) groups is 1. The molecule has 0 saturated carbocycles. The van der Waals surface area contributed by atoms with Gasteiger partial charge < -0.3 is 15.5 Å². The Hall–Kier alpha value is -1.51. The highest BCUT2D eigenvalue weighted by molar-refractivity contribution is 14.0. The summed E-state index contributed by atoms with van der Waals surface area (Å²) in [6.45, 7) is 4.43. The Balaban J connectivity index is 0.00000420. The maximum absolute atomic E-state index is 12.3. The molecule has 0 spiro atoms. The lowest BCUT2D eigenvalue weighted by atomic mass is 10.1. The van der Waals surface area contributed by atoms with Crippen LogP contribution in [0, 0.1) is 10.1 Å². The van der Waals surface area contributed by atoms with E-state index in [1.807, 2.05) is 0 Å². The van der Waals surface area contributed by atoms with E-state index in [2.05, 4.69) is 25.2 Å².